The number of carbonyl (C=O) groups is 5. The molecule has 4 N–H and O–H groups in total. The van der Waals surface area contributed by atoms with Crippen molar-refractivity contribution in [2.24, 2.45) is 7.05 Å². The third-order valence-electron chi connectivity index (χ3n) is 14.6. The number of pyridine rings is 1. The molecule has 2 bridgehead atoms. The number of carboxylic acid groups (broad SMARTS) is 1. The van der Waals surface area contributed by atoms with Gasteiger partial charge in [-0.15, -0.1) is 0 Å². The molecule has 17 nitrogen and oxygen atoms in total. The van der Waals surface area contributed by atoms with Crippen molar-refractivity contribution in [3.05, 3.63) is 125 Å². The Kier molecular flexibility index (Phi) is 12.7. The van der Waals surface area contributed by atoms with Gasteiger partial charge in [0, 0.05) is 60.8 Å². The molecular weight excluding hydrogens is 935 g/mol. The van der Waals surface area contributed by atoms with E-state index in [4.69, 9.17) is 14.5 Å². The minimum Gasteiger partial charge on any atom is -0.491 e. The van der Waals surface area contributed by atoms with Gasteiger partial charge in [0.1, 0.15) is 18.2 Å². The largest absolute Gasteiger partial charge is 0.491 e. The van der Waals surface area contributed by atoms with E-state index in [1.165, 1.54) is 11.3 Å². The van der Waals surface area contributed by atoms with Crippen LogP contribution in [0.25, 0.3) is 32.2 Å². The molecule has 368 valence electrons. The molecule has 4 atom stereocenters. The molecule has 2 unspecified atom stereocenters. The van der Waals surface area contributed by atoms with Gasteiger partial charge in [-0.25, -0.2) is 14.8 Å². The highest BCUT2D eigenvalue weighted by atomic mass is 32.1. The fourth-order valence-corrected chi connectivity index (χ4v) is 11.9. The topological polar surface area (TPSA) is 210 Å². The van der Waals surface area contributed by atoms with Crippen LogP contribution in [0.5, 0.6) is 5.75 Å². The highest BCUT2D eigenvalue weighted by molar-refractivity contribution is 7.22. The van der Waals surface area contributed by atoms with Crippen molar-refractivity contribution in [2.45, 2.75) is 82.5 Å². The van der Waals surface area contributed by atoms with Crippen LogP contribution in [0.3, 0.4) is 0 Å². The summed E-state index contributed by atoms with van der Waals surface area (Å²) in [4.78, 5) is 77.8. The first kappa shape index (κ1) is 46.8. The quantitative estimate of drug-likeness (QED) is 0.0612. The number of benzene rings is 4. The molecular formula is C54H53N9O8S. The maximum Gasteiger partial charge on any atom is 0.355 e. The first-order valence-corrected chi connectivity index (χ1v) is 25.2. The van der Waals surface area contributed by atoms with Crippen molar-refractivity contribution >= 4 is 78.7 Å². The average molecular weight is 988 g/mol. The normalized spacial score (nSPS) is 19.8. The number of hydrogen-bond donors (Lipinski definition) is 4. The van der Waals surface area contributed by atoms with Crippen molar-refractivity contribution in [3.63, 3.8) is 0 Å². The number of aryl methyl sites for hydroxylation is 1. The third-order valence-corrected chi connectivity index (χ3v) is 15.6. The zero-order valence-corrected chi connectivity index (χ0v) is 40.7. The predicted octanol–water partition coefficient (Wildman–Crippen LogP) is 7.62. The summed E-state index contributed by atoms with van der Waals surface area (Å²) in [6.45, 7) is 3.85. The summed E-state index contributed by atoms with van der Waals surface area (Å²) in [5, 5.41) is 24.9. The Morgan fingerprint density at radius 2 is 1.69 bits per heavy atom. The van der Waals surface area contributed by atoms with Crippen molar-refractivity contribution < 1.29 is 38.6 Å². The highest BCUT2D eigenvalue weighted by Gasteiger charge is 2.42. The molecule has 4 amide bonds. The number of fused-ring (bicyclic) bond motifs is 5. The van der Waals surface area contributed by atoms with E-state index in [2.05, 4.69) is 30.9 Å². The number of nitrogens with one attached hydrogen (secondary N) is 3. The first-order chi connectivity index (χ1) is 34.9. The molecule has 4 aromatic carbocycles. The second kappa shape index (κ2) is 19.6. The molecule has 3 fully saturated rings. The Morgan fingerprint density at radius 1 is 0.875 bits per heavy atom. The number of piperidine rings is 2. The number of carbonyl (C=O) groups excluding carboxylic acids is 4. The third kappa shape index (κ3) is 9.28. The zero-order chi connectivity index (χ0) is 49.6. The fourth-order valence-electron chi connectivity index (χ4n) is 11.1. The number of anilines is 3. The standard InChI is InChI=1S/C54H53N9O8S/c1-30-36(37-17-19-46(57-50(37)53(68)69)62-22-21-31-7-5-9-38(41(31)28-62)51(66)59-54-56-42-10-3-4-12-45(42)72-54)8-6-11-44(30)71-24-23-70-35-26-33-14-15-34(27-35)63(33)29-48(65)55-32-13-16-39-43(25-32)61(2)60-49(39)40-18-20-47(64)58-52(40)67/h3-13,16-17,19,25,33-35,40H,14-15,18,20-24,26-29H2,1-2H3,(H,55,65)(H,68,69)(H,56,59,66)(H,58,64,67)/t33-,34+,35?,40?. The smallest absolute Gasteiger partial charge is 0.355 e. The number of carboxylic acids is 1. The Hall–Kier alpha value is -7.54. The summed E-state index contributed by atoms with van der Waals surface area (Å²) in [5.74, 6) is -1.47. The molecule has 3 saturated heterocycles. The molecule has 18 heteroatoms. The summed E-state index contributed by atoms with van der Waals surface area (Å²) in [7, 11) is 1.80. The van der Waals surface area contributed by atoms with E-state index in [-0.39, 0.29) is 60.5 Å². The number of hydrogen-bond acceptors (Lipinski definition) is 13. The molecule has 3 aromatic heterocycles. The van der Waals surface area contributed by atoms with Gasteiger partial charge in [0.25, 0.3) is 5.91 Å². The predicted molar refractivity (Wildman–Crippen MR) is 273 cm³/mol. The lowest BCUT2D eigenvalue weighted by Gasteiger charge is -2.38. The summed E-state index contributed by atoms with van der Waals surface area (Å²) in [6.07, 6.45) is 5.00. The van der Waals surface area contributed by atoms with E-state index in [1.807, 2.05) is 96.8 Å². The Balaban J connectivity index is 0.684. The lowest BCUT2D eigenvalue weighted by molar-refractivity contribution is -0.134. The zero-order valence-electron chi connectivity index (χ0n) is 39.9. The van der Waals surface area contributed by atoms with Gasteiger partial charge in [-0.05, 0) is 122 Å². The van der Waals surface area contributed by atoms with Gasteiger partial charge in [-0.2, -0.15) is 5.10 Å². The van der Waals surface area contributed by atoms with Crippen LogP contribution in [0.2, 0.25) is 0 Å². The highest BCUT2D eigenvalue weighted by Crippen LogP contribution is 2.39. The van der Waals surface area contributed by atoms with E-state index >= 15 is 0 Å². The van der Waals surface area contributed by atoms with Crippen LogP contribution in [0.4, 0.5) is 16.6 Å². The molecule has 72 heavy (non-hydrogen) atoms. The van der Waals surface area contributed by atoms with Crippen LogP contribution < -0.4 is 25.6 Å². The maximum absolute atomic E-state index is 13.6. The number of ether oxygens (including phenoxy) is 2. The van der Waals surface area contributed by atoms with Gasteiger partial charge >= 0.3 is 5.97 Å². The SMILES string of the molecule is Cc1c(OCCOC2C[C@H]3CC[C@@H](C2)N3CC(=O)Nc2ccc3c(C4CCC(=O)NC4=O)nn(C)c3c2)cccc1-c1ccc(N2CCc3cccc(C(=O)Nc4nc5ccccc5s4)c3C2)nc1C(=O)O. The number of imide groups is 1. The van der Waals surface area contributed by atoms with Crippen molar-refractivity contribution in [1.82, 2.24) is 30.0 Å². The van der Waals surface area contributed by atoms with Crippen molar-refractivity contribution in [2.75, 3.05) is 41.8 Å². The van der Waals surface area contributed by atoms with Gasteiger partial charge in [-0.3, -0.25) is 39.4 Å². The number of nitrogens with zero attached hydrogens (tertiary/aromatic N) is 6. The molecule has 0 radical (unpaired) electrons. The van der Waals surface area contributed by atoms with Crippen molar-refractivity contribution in [1.29, 1.82) is 0 Å². The number of thiazole rings is 1. The number of aromatic nitrogens is 4. The molecule has 7 heterocycles. The van der Waals surface area contributed by atoms with Crippen LogP contribution in [0.1, 0.15) is 87.7 Å². The monoisotopic (exact) mass is 987 g/mol. The second-order valence-electron chi connectivity index (χ2n) is 19.0. The summed E-state index contributed by atoms with van der Waals surface area (Å²) in [6, 6.07) is 28.7. The maximum atomic E-state index is 13.6. The van der Waals surface area contributed by atoms with Crippen LogP contribution in [-0.4, -0.2) is 104 Å². The Labute approximate surface area is 418 Å². The molecule has 7 aromatic rings. The van der Waals surface area contributed by atoms with Gasteiger partial charge in [-0.1, -0.05) is 47.7 Å². The summed E-state index contributed by atoms with van der Waals surface area (Å²) >= 11 is 1.42. The second-order valence-corrected chi connectivity index (χ2v) is 20.0. The van der Waals surface area contributed by atoms with Gasteiger partial charge in [0.15, 0.2) is 10.8 Å². The lowest BCUT2D eigenvalue weighted by Crippen LogP contribution is -2.48. The first-order valence-electron chi connectivity index (χ1n) is 24.4. The Morgan fingerprint density at radius 3 is 2.50 bits per heavy atom. The van der Waals surface area contributed by atoms with Crippen LogP contribution in [0, 0.1) is 6.92 Å². The number of aromatic carboxylic acids is 1. The number of rotatable bonds is 14. The van der Waals surface area contributed by atoms with Crippen molar-refractivity contribution in [3.8, 4) is 16.9 Å². The van der Waals surface area contributed by atoms with Gasteiger partial charge in [0.05, 0.1) is 46.6 Å². The van der Waals surface area contributed by atoms with Crippen LogP contribution in [-0.2, 0) is 39.1 Å². The van der Waals surface area contributed by atoms with Gasteiger partial charge in [0.2, 0.25) is 17.7 Å². The number of para-hydroxylation sites is 1. The summed E-state index contributed by atoms with van der Waals surface area (Å²) in [5.41, 5.74) is 7.26. The van der Waals surface area contributed by atoms with Gasteiger partial charge < -0.3 is 24.8 Å². The summed E-state index contributed by atoms with van der Waals surface area (Å²) < 4.78 is 15.3. The number of amides is 4. The van der Waals surface area contributed by atoms with Crippen LogP contribution >= 0.6 is 11.3 Å². The van der Waals surface area contributed by atoms with E-state index in [1.54, 1.807) is 17.8 Å². The molecule has 0 saturated carbocycles. The molecule has 0 aliphatic carbocycles. The lowest BCUT2D eigenvalue weighted by atomic mass is 9.93. The van der Waals surface area contributed by atoms with E-state index in [0.717, 1.165) is 63.5 Å². The van der Waals surface area contributed by atoms with E-state index in [0.29, 0.717) is 83.9 Å². The molecule has 0 spiro atoms. The minimum atomic E-state index is -1.15. The molecule has 11 rings (SSSR count). The van der Waals surface area contributed by atoms with E-state index < -0.39 is 11.9 Å². The fraction of sp³-hybridized carbons (Fsp3) is 0.333. The Bertz CT molecular complexity index is 3270. The average Bonchev–Trinajstić information content (AvgIpc) is 4.00. The van der Waals surface area contributed by atoms with Crippen LogP contribution in [0.15, 0.2) is 91.0 Å². The van der Waals surface area contributed by atoms with E-state index in [9.17, 15) is 29.1 Å². The minimum absolute atomic E-state index is 0.0351. The molecule has 4 aliphatic heterocycles. The molecule has 4 aliphatic rings.